The molecule has 2 N–H and O–H groups in total. The van der Waals surface area contributed by atoms with Crippen molar-refractivity contribution >= 4 is 28.8 Å². The minimum atomic E-state index is -0.189. The molecule has 6 heteroatoms. The van der Waals surface area contributed by atoms with Crippen LogP contribution in [0.5, 0.6) is 0 Å². The number of hydrogen-bond acceptors (Lipinski definition) is 4. The Kier molecular flexibility index (Phi) is 3.97. The number of amides is 1. The molecular weight excluding hydrogens is 308 g/mol. The van der Waals surface area contributed by atoms with Crippen LogP contribution in [0.3, 0.4) is 0 Å². The molecule has 1 aliphatic rings. The molecule has 0 saturated heterocycles. The van der Waals surface area contributed by atoms with Crippen molar-refractivity contribution in [2.45, 2.75) is 12.8 Å². The van der Waals surface area contributed by atoms with E-state index in [0.717, 1.165) is 23.4 Å². The number of hydrogen-bond donors (Lipinski definition) is 2. The number of aliphatic hydroxyl groups is 1. The summed E-state index contributed by atoms with van der Waals surface area (Å²) >= 11 is 7.28. The highest BCUT2D eigenvalue weighted by atomic mass is 35.5. The first-order valence-corrected chi connectivity index (χ1v) is 7.98. The van der Waals surface area contributed by atoms with E-state index in [0.29, 0.717) is 17.3 Å². The summed E-state index contributed by atoms with van der Waals surface area (Å²) in [4.78, 5) is 16.4. The zero-order chi connectivity index (χ0) is 14.9. The number of rotatable bonds is 5. The van der Waals surface area contributed by atoms with Crippen LogP contribution in [0.4, 0.5) is 0 Å². The van der Waals surface area contributed by atoms with E-state index in [4.69, 9.17) is 11.6 Å². The monoisotopic (exact) mass is 322 g/mol. The molecule has 1 amide bonds. The zero-order valence-electron chi connectivity index (χ0n) is 11.3. The summed E-state index contributed by atoms with van der Waals surface area (Å²) in [5.74, 6) is -0.189. The second-order valence-electron chi connectivity index (χ2n) is 5.39. The number of carbonyl (C=O) groups excluding carboxylic acids is 1. The molecule has 1 fully saturated rings. The molecule has 2 aromatic rings. The number of carbonyl (C=O) groups is 1. The van der Waals surface area contributed by atoms with Gasteiger partial charge in [-0.1, -0.05) is 23.7 Å². The SMILES string of the molecule is O=C(NCC1(CO)CC1)c1csc(-c2ccc(Cl)cc2)n1. The van der Waals surface area contributed by atoms with Gasteiger partial charge in [0.25, 0.3) is 5.91 Å². The lowest BCUT2D eigenvalue weighted by Crippen LogP contribution is -2.32. The minimum absolute atomic E-state index is 0.0926. The van der Waals surface area contributed by atoms with Crippen LogP contribution in [0, 0.1) is 5.41 Å². The molecule has 1 aliphatic carbocycles. The molecule has 1 aromatic heterocycles. The fourth-order valence-corrected chi connectivity index (χ4v) is 2.96. The Balaban J connectivity index is 1.66. The molecule has 0 unspecified atom stereocenters. The van der Waals surface area contributed by atoms with Crippen LogP contribution in [-0.4, -0.2) is 29.1 Å². The van der Waals surface area contributed by atoms with Gasteiger partial charge in [-0.25, -0.2) is 4.98 Å². The van der Waals surface area contributed by atoms with Gasteiger partial charge in [-0.05, 0) is 25.0 Å². The van der Waals surface area contributed by atoms with E-state index in [1.807, 2.05) is 12.1 Å². The first kappa shape index (κ1) is 14.5. The van der Waals surface area contributed by atoms with Gasteiger partial charge in [0.2, 0.25) is 0 Å². The second-order valence-corrected chi connectivity index (χ2v) is 6.68. The highest BCUT2D eigenvalue weighted by molar-refractivity contribution is 7.13. The predicted octanol–water partition coefficient (Wildman–Crippen LogP) is 2.97. The third-order valence-electron chi connectivity index (χ3n) is 3.74. The van der Waals surface area contributed by atoms with E-state index in [-0.39, 0.29) is 17.9 Å². The van der Waals surface area contributed by atoms with Crippen molar-refractivity contribution in [1.82, 2.24) is 10.3 Å². The van der Waals surface area contributed by atoms with Crippen molar-refractivity contribution in [3.63, 3.8) is 0 Å². The van der Waals surface area contributed by atoms with E-state index in [2.05, 4.69) is 10.3 Å². The van der Waals surface area contributed by atoms with Gasteiger partial charge in [-0.3, -0.25) is 4.79 Å². The lowest BCUT2D eigenvalue weighted by atomic mass is 10.1. The van der Waals surface area contributed by atoms with Crippen molar-refractivity contribution in [2.24, 2.45) is 5.41 Å². The number of benzene rings is 1. The molecule has 4 nitrogen and oxygen atoms in total. The average molecular weight is 323 g/mol. The molecule has 0 radical (unpaired) electrons. The standard InChI is InChI=1S/C15H15ClN2O2S/c16-11-3-1-10(2-4-11)14-18-12(7-21-14)13(20)17-8-15(9-19)5-6-15/h1-4,7,19H,5-6,8-9H2,(H,17,20). The molecule has 0 bridgehead atoms. The van der Waals surface area contributed by atoms with Crippen LogP contribution in [0.1, 0.15) is 23.3 Å². The first-order chi connectivity index (χ1) is 10.1. The maximum Gasteiger partial charge on any atom is 0.270 e. The second kappa shape index (κ2) is 5.75. The Morgan fingerprint density at radius 1 is 1.38 bits per heavy atom. The maximum atomic E-state index is 12.1. The zero-order valence-corrected chi connectivity index (χ0v) is 12.9. The summed E-state index contributed by atoms with van der Waals surface area (Å²) in [6, 6.07) is 7.37. The topological polar surface area (TPSA) is 62.2 Å². The van der Waals surface area contributed by atoms with E-state index >= 15 is 0 Å². The number of halogens is 1. The largest absolute Gasteiger partial charge is 0.396 e. The lowest BCUT2D eigenvalue weighted by Gasteiger charge is -2.11. The molecule has 3 rings (SSSR count). The highest BCUT2D eigenvalue weighted by Crippen LogP contribution is 2.44. The maximum absolute atomic E-state index is 12.1. The number of nitrogens with one attached hydrogen (secondary N) is 1. The molecular formula is C15H15ClN2O2S. The first-order valence-electron chi connectivity index (χ1n) is 6.72. The lowest BCUT2D eigenvalue weighted by molar-refractivity contribution is 0.0931. The highest BCUT2D eigenvalue weighted by Gasteiger charge is 2.42. The molecule has 0 atom stereocenters. The van der Waals surface area contributed by atoms with Gasteiger partial charge in [-0.15, -0.1) is 11.3 Å². The Morgan fingerprint density at radius 3 is 2.71 bits per heavy atom. The molecule has 1 heterocycles. The third-order valence-corrected chi connectivity index (χ3v) is 4.89. The third kappa shape index (κ3) is 3.26. The van der Waals surface area contributed by atoms with Crippen LogP contribution >= 0.6 is 22.9 Å². The van der Waals surface area contributed by atoms with Crippen molar-refractivity contribution in [3.05, 3.63) is 40.4 Å². The van der Waals surface area contributed by atoms with Crippen LogP contribution in [0.25, 0.3) is 10.6 Å². The molecule has 1 aromatic carbocycles. The van der Waals surface area contributed by atoms with Gasteiger partial charge in [0.05, 0.1) is 6.61 Å². The number of thiazole rings is 1. The number of aliphatic hydroxyl groups excluding tert-OH is 1. The van der Waals surface area contributed by atoms with Crippen LogP contribution in [0.15, 0.2) is 29.6 Å². The van der Waals surface area contributed by atoms with E-state index < -0.39 is 0 Å². The van der Waals surface area contributed by atoms with Crippen LogP contribution in [-0.2, 0) is 0 Å². The van der Waals surface area contributed by atoms with Gasteiger partial charge in [0, 0.05) is 27.9 Å². The minimum Gasteiger partial charge on any atom is -0.396 e. The Labute approximate surface area is 131 Å². The van der Waals surface area contributed by atoms with Gasteiger partial charge in [-0.2, -0.15) is 0 Å². The van der Waals surface area contributed by atoms with Gasteiger partial charge in [0.15, 0.2) is 0 Å². The van der Waals surface area contributed by atoms with Gasteiger partial charge < -0.3 is 10.4 Å². The van der Waals surface area contributed by atoms with Crippen molar-refractivity contribution in [2.75, 3.05) is 13.2 Å². The number of nitrogens with zero attached hydrogens (tertiary/aromatic N) is 1. The summed E-state index contributed by atoms with van der Waals surface area (Å²) in [6.07, 6.45) is 1.94. The summed E-state index contributed by atoms with van der Waals surface area (Å²) in [5.41, 5.74) is 1.26. The summed E-state index contributed by atoms with van der Waals surface area (Å²) in [6.45, 7) is 0.635. The smallest absolute Gasteiger partial charge is 0.270 e. The quantitative estimate of drug-likeness (QED) is 0.889. The van der Waals surface area contributed by atoms with Crippen LogP contribution in [0.2, 0.25) is 5.02 Å². The summed E-state index contributed by atoms with van der Waals surface area (Å²) in [5, 5.41) is 15.3. The molecule has 0 spiro atoms. The van der Waals surface area contributed by atoms with E-state index in [1.54, 1.807) is 17.5 Å². The molecule has 110 valence electrons. The molecule has 1 saturated carbocycles. The Morgan fingerprint density at radius 2 is 2.10 bits per heavy atom. The van der Waals surface area contributed by atoms with E-state index in [1.165, 1.54) is 11.3 Å². The predicted molar refractivity (Wildman–Crippen MR) is 83.6 cm³/mol. The van der Waals surface area contributed by atoms with Crippen molar-refractivity contribution < 1.29 is 9.90 Å². The molecule has 0 aliphatic heterocycles. The average Bonchev–Trinajstić information content (AvgIpc) is 3.12. The summed E-state index contributed by atoms with van der Waals surface area (Å²) < 4.78 is 0. The van der Waals surface area contributed by atoms with Crippen LogP contribution < -0.4 is 5.32 Å². The van der Waals surface area contributed by atoms with Gasteiger partial charge in [0.1, 0.15) is 10.7 Å². The van der Waals surface area contributed by atoms with Gasteiger partial charge >= 0.3 is 0 Å². The normalized spacial score (nSPS) is 15.7. The summed E-state index contributed by atoms with van der Waals surface area (Å²) in [7, 11) is 0. The van der Waals surface area contributed by atoms with E-state index in [9.17, 15) is 9.90 Å². The fraction of sp³-hybridized carbons (Fsp3) is 0.333. The van der Waals surface area contributed by atoms with Crippen molar-refractivity contribution in [3.8, 4) is 10.6 Å². The Hall–Kier alpha value is -1.43. The Bertz CT molecular complexity index is 650. The van der Waals surface area contributed by atoms with Crippen molar-refractivity contribution in [1.29, 1.82) is 0 Å². The molecule has 21 heavy (non-hydrogen) atoms. The number of aromatic nitrogens is 1. The fourth-order valence-electron chi connectivity index (χ4n) is 2.03.